The first-order valence-electron chi connectivity index (χ1n) is 7.97. The molecule has 0 spiro atoms. The molecular weight excluding hydrogens is 312 g/mol. The molecule has 1 heterocycles. The third-order valence-electron chi connectivity index (χ3n) is 4.50. The Labute approximate surface area is 137 Å². The molecule has 0 radical (unpaired) electrons. The molecule has 2 aromatic rings. The summed E-state index contributed by atoms with van der Waals surface area (Å²) in [6, 6.07) is 5.10. The lowest BCUT2D eigenvalue weighted by Gasteiger charge is -2.20. The number of nitrogens with zero attached hydrogens (tertiary/aromatic N) is 1. The molecule has 2 N–H and O–H groups in total. The standard InChI is InChI=1S/C17H22N2O3S/c1-11-10-14(8-9-15(11)23(18,20)21)17-16(19-12(2)22-17)13-6-4-3-5-7-13/h8-10,13H,3-7H2,1-2H3,(H2,18,20,21). The third-order valence-corrected chi connectivity index (χ3v) is 5.57. The number of aromatic nitrogens is 1. The van der Waals surface area contributed by atoms with Crippen molar-refractivity contribution in [2.75, 3.05) is 0 Å². The van der Waals surface area contributed by atoms with E-state index in [1.165, 1.54) is 19.3 Å². The summed E-state index contributed by atoms with van der Waals surface area (Å²) < 4.78 is 29.0. The fourth-order valence-corrected chi connectivity index (χ4v) is 4.18. The fraction of sp³-hybridized carbons (Fsp3) is 0.471. The normalized spacial score (nSPS) is 16.7. The highest BCUT2D eigenvalue weighted by Crippen LogP contribution is 2.38. The van der Waals surface area contributed by atoms with Gasteiger partial charge in [-0.05, 0) is 43.5 Å². The van der Waals surface area contributed by atoms with Crippen LogP contribution in [0.4, 0.5) is 0 Å². The summed E-state index contributed by atoms with van der Waals surface area (Å²) in [6.07, 6.45) is 5.99. The SMILES string of the molecule is Cc1nc(C2CCCCC2)c(-c2ccc(S(N)(=O)=O)c(C)c2)o1. The van der Waals surface area contributed by atoms with E-state index < -0.39 is 10.0 Å². The van der Waals surface area contributed by atoms with Crippen molar-refractivity contribution in [2.24, 2.45) is 5.14 Å². The Bertz CT molecular complexity index is 818. The average molecular weight is 334 g/mol. The van der Waals surface area contributed by atoms with Crippen molar-refractivity contribution in [1.29, 1.82) is 0 Å². The molecule has 6 heteroatoms. The second kappa shape index (κ2) is 6.09. The maximum Gasteiger partial charge on any atom is 0.238 e. The molecule has 1 saturated carbocycles. The summed E-state index contributed by atoms with van der Waals surface area (Å²) >= 11 is 0. The predicted molar refractivity (Wildman–Crippen MR) is 88.6 cm³/mol. The number of rotatable bonds is 3. The molecule has 1 fully saturated rings. The van der Waals surface area contributed by atoms with E-state index in [9.17, 15) is 8.42 Å². The van der Waals surface area contributed by atoms with Crippen molar-refractivity contribution in [3.05, 3.63) is 35.3 Å². The summed E-state index contributed by atoms with van der Waals surface area (Å²) in [5, 5.41) is 5.23. The summed E-state index contributed by atoms with van der Waals surface area (Å²) in [5.74, 6) is 1.83. The minimum absolute atomic E-state index is 0.150. The summed E-state index contributed by atoms with van der Waals surface area (Å²) in [7, 11) is -3.70. The van der Waals surface area contributed by atoms with E-state index in [2.05, 4.69) is 4.98 Å². The maximum atomic E-state index is 11.6. The number of oxazole rings is 1. The Hall–Kier alpha value is -1.66. The molecule has 0 bridgehead atoms. The highest BCUT2D eigenvalue weighted by Gasteiger charge is 2.24. The predicted octanol–water partition coefficient (Wildman–Crippen LogP) is 3.65. The van der Waals surface area contributed by atoms with Crippen LogP contribution in [0.5, 0.6) is 0 Å². The van der Waals surface area contributed by atoms with Gasteiger partial charge in [-0.1, -0.05) is 19.3 Å². The van der Waals surface area contributed by atoms with Crippen molar-refractivity contribution in [3.8, 4) is 11.3 Å². The van der Waals surface area contributed by atoms with Crippen LogP contribution in [0.2, 0.25) is 0 Å². The smallest absolute Gasteiger partial charge is 0.238 e. The van der Waals surface area contributed by atoms with Crippen LogP contribution in [-0.4, -0.2) is 13.4 Å². The van der Waals surface area contributed by atoms with E-state index in [1.807, 2.05) is 13.0 Å². The first kappa shape index (κ1) is 16.2. The van der Waals surface area contributed by atoms with Crippen LogP contribution in [-0.2, 0) is 10.0 Å². The van der Waals surface area contributed by atoms with Crippen molar-refractivity contribution in [1.82, 2.24) is 4.98 Å². The number of hydrogen-bond acceptors (Lipinski definition) is 4. The van der Waals surface area contributed by atoms with Gasteiger partial charge in [-0.25, -0.2) is 18.5 Å². The van der Waals surface area contributed by atoms with Gasteiger partial charge in [0, 0.05) is 18.4 Å². The Kier molecular flexibility index (Phi) is 4.29. The van der Waals surface area contributed by atoms with Crippen LogP contribution in [0, 0.1) is 13.8 Å². The Morgan fingerprint density at radius 2 is 1.87 bits per heavy atom. The van der Waals surface area contributed by atoms with E-state index in [4.69, 9.17) is 9.56 Å². The largest absolute Gasteiger partial charge is 0.441 e. The summed E-state index contributed by atoms with van der Waals surface area (Å²) in [4.78, 5) is 4.75. The van der Waals surface area contributed by atoms with Crippen LogP contribution in [0.1, 0.15) is 55.2 Å². The van der Waals surface area contributed by atoms with Crippen molar-refractivity contribution >= 4 is 10.0 Å². The topological polar surface area (TPSA) is 86.2 Å². The van der Waals surface area contributed by atoms with E-state index >= 15 is 0 Å². The third kappa shape index (κ3) is 3.33. The van der Waals surface area contributed by atoms with Gasteiger partial charge in [0.15, 0.2) is 11.7 Å². The van der Waals surface area contributed by atoms with Crippen molar-refractivity contribution in [3.63, 3.8) is 0 Å². The lowest BCUT2D eigenvalue weighted by molar-refractivity contribution is 0.437. The highest BCUT2D eigenvalue weighted by molar-refractivity contribution is 7.89. The lowest BCUT2D eigenvalue weighted by Crippen LogP contribution is -2.13. The van der Waals surface area contributed by atoms with Crippen LogP contribution in [0.25, 0.3) is 11.3 Å². The monoisotopic (exact) mass is 334 g/mol. The molecule has 3 rings (SSSR count). The van der Waals surface area contributed by atoms with E-state index in [0.29, 0.717) is 17.4 Å². The van der Waals surface area contributed by atoms with Gasteiger partial charge in [-0.15, -0.1) is 0 Å². The average Bonchev–Trinajstić information content (AvgIpc) is 2.89. The molecule has 124 valence electrons. The molecule has 1 aromatic heterocycles. The van der Waals surface area contributed by atoms with Gasteiger partial charge in [-0.2, -0.15) is 0 Å². The number of aryl methyl sites for hydroxylation is 2. The quantitative estimate of drug-likeness (QED) is 0.928. The van der Waals surface area contributed by atoms with Crippen LogP contribution >= 0.6 is 0 Å². The molecule has 0 atom stereocenters. The van der Waals surface area contributed by atoms with Gasteiger partial charge in [0.2, 0.25) is 10.0 Å². The molecule has 0 amide bonds. The number of primary sulfonamides is 1. The van der Waals surface area contributed by atoms with Gasteiger partial charge in [-0.3, -0.25) is 0 Å². The molecule has 0 unspecified atom stereocenters. The van der Waals surface area contributed by atoms with Crippen molar-refractivity contribution < 1.29 is 12.8 Å². The van der Waals surface area contributed by atoms with Crippen LogP contribution in [0.3, 0.4) is 0 Å². The minimum atomic E-state index is -3.70. The molecule has 0 aliphatic heterocycles. The zero-order valence-electron chi connectivity index (χ0n) is 13.5. The molecule has 5 nitrogen and oxygen atoms in total. The van der Waals surface area contributed by atoms with Crippen molar-refractivity contribution in [2.45, 2.75) is 56.8 Å². The number of benzene rings is 1. The Morgan fingerprint density at radius 1 is 1.17 bits per heavy atom. The summed E-state index contributed by atoms with van der Waals surface area (Å²) in [5.41, 5.74) is 2.48. The zero-order valence-corrected chi connectivity index (χ0v) is 14.3. The lowest BCUT2D eigenvalue weighted by atomic mass is 9.85. The van der Waals surface area contributed by atoms with E-state index in [-0.39, 0.29) is 4.90 Å². The zero-order chi connectivity index (χ0) is 16.6. The van der Waals surface area contributed by atoms with Gasteiger partial charge < -0.3 is 4.42 Å². The van der Waals surface area contributed by atoms with Crippen LogP contribution < -0.4 is 5.14 Å². The van der Waals surface area contributed by atoms with Gasteiger partial charge in [0.1, 0.15) is 0 Å². The molecule has 23 heavy (non-hydrogen) atoms. The molecule has 0 saturated heterocycles. The molecule has 1 aliphatic carbocycles. The molecular formula is C17H22N2O3S. The number of hydrogen-bond donors (Lipinski definition) is 1. The Morgan fingerprint density at radius 3 is 2.48 bits per heavy atom. The second-order valence-corrected chi connectivity index (χ2v) is 7.84. The van der Waals surface area contributed by atoms with Gasteiger partial charge in [0.25, 0.3) is 0 Å². The van der Waals surface area contributed by atoms with Gasteiger partial charge in [0.05, 0.1) is 10.6 Å². The Balaban J connectivity index is 2.04. The maximum absolute atomic E-state index is 11.6. The fourth-order valence-electron chi connectivity index (χ4n) is 3.41. The highest BCUT2D eigenvalue weighted by atomic mass is 32.2. The second-order valence-electron chi connectivity index (χ2n) is 6.31. The first-order valence-corrected chi connectivity index (χ1v) is 9.52. The summed E-state index contributed by atoms with van der Waals surface area (Å²) in [6.45, 7) is 3.59. The number of sulfonamides is 1. The van der Waals surface area contributed by atoms with E-state index in [1.54, 1.807) is 19.1 Å². The van der Waals surface area contributed by atoms with E-state index in [0.717, 1.165) is 29.9 Å². The minimum Gasteiger partial charge on any atom is -0.441 e. The number of nitrogens with two attached hydrogens (primary N) is 1. The first-order chi connectivity index (χ1) is 10.9. The van der Waals surface area contributed by atoms with Crippen LogP contribution in [0.15, 0.2) is 27.5 Å². The molecule has 1 aromatic carbocycles. The van der Waals surface area contributed by atoms with Gasteiger partial charge >= 0.3 is 0 Å². The molecule has 1 aliphatic rings.